The Morgan fingerprint density at radius 2 is 1.89 bits per heavy atom. The number of para-hydroxylation sites is 2. The van der Waals surface area contributed by atoms with Gasteiger partial charge in [0.25, 0.3) is 0 Å². The molecule has 0 aliphatic rings. The van der Waals surface area contributed by atoms with Crippen molar-refractivity contribution in [3.8, 4) is 5.69 Å². The van der Waals surface area contributed by atoms with Crippen molar-refractivity contribution in [2.24, 2.45) is 0 Å². The molecule has 2 nitrogen and oxygen atoms in total. The zero-order valence-electron chi connectivity index (χ0n) is 10.1. The maximum absolute atomic E-state index is 11.7. The van der Waals surface area contributed by atoms with Crippen molar-refractivity contribution in [3.05, 3.63) is 66.4 Å². The summed E-state index contributed by atoms with van der Waals surface area (Å²) in [6.07, 6.45) is 1.89. The molecule has 1 radical (unpaired) electrons. The predicted molar refractivity (Wildman–Crippen MR) is 72.1 cm³/mol. The molecule has 0 saturated heterocycles. The lowest BCUT2D eigenvalue weighted by atomic mass is 10.1. The Hall–Kier alpha value is -2.35. The largest absolute Gasteiger partial charge is 0.315 e. The summed E-state index contributed by atoms with van der Waals surface area (Å²) in [5.74, 6) is 0.0841. The van der Waals surface area contributed by atoms with Crippen LogP contribution >= 0.6 is 0 Å². The molecule has 2 aromatic carbocycles. The van der Waals surface area contributed by atoms with Gasteiger partial charge in [0.2, 0.25) is 0 Å². The van der Waals surface area contributed by atoms with Crippen LogP contribution in [0.3, 0.4) is 0 Å². The Kier molecular flexibility index (Phi) is 2.49. The number of Topliss-reactive ketones (excluding diaryl/α,β-unsaturated/α-hetero) is 1. The third kappa shape index (κ3) is 1.63. The van der Waals surface area contributed by atoms with E-state index in [4.69, 9.17) is 0 Å². The number of hydrogen-bond donors (Lipinski definition) is 0. The maximum Gasteiger partial charge on any atom is 0.161 e. The van der Waals surface area contributed by atoms with Crippen LogP contribution in [-0.2, 0) is 0 Å². The third-order valence-corrected chi connectivity index (χ3v) is 3.04. The van der Waals surface area contributed by atoms with Crippen molar-refractivity contribution >= 4 is 16.7 Å². The Bertz CT molecular complexity index is 710. The molecule has 3 aromatic rings. The van der Waals surface area contributed by atoms with E-state index < -0.39 is 0 Å². The van der Waals surface area contributed by atoms with E-state index in [0.29, 0.717) is 0 Å². The molecule has 18 heavy (non-hydrogen) atoms. The molecule has 0 amide bonds. The van der Waals surface area contributed by atoms with Crippen LogP contribution in [0.4, 0.5) is 0 Å². The van der Waals surface area contributed by atoms with Gasteiger partial charge in [-0.3, -0.25) is 4.79 Å². The molecule has 87 valence electrons. The van der Waals surface area contributed by atoms with Gasteiger partial charge in [0.15, 0.2) is 5.78 Å². The zero-order chi connectivity index (χ0) is 12.5. The molecule has 0 aliphatic carbocycles. The van der Waals surface area contributed by atoms with E-state index in [-0.39, 0.29) is 5.78 Å². The fourth-order valence-corrected chi connectivity index (χ4v) is 2.19. The summed E-state index contributed by atoms with van der Waals surface area (Å²) in [5.41, 5.74) is 2.73. The van der Waals surface area contributed by atoms with E-state index in [9.17, 15) is 4.79 Å². The molecule has 0 saturated carbocycles. The number of carbonyl (C=O) groups is 1. The van der Waals surface area contributed by atoms with Gasteiger partial charge < -0.3 is 4.57 Å². The van der Waals surface area contributed by atoms with Gasteiger partial charge in [0.1, 0.15) is 0 Å². The molecule has 2 heteroatoms. The van der Waals surface area contributed by atoms with Crippen molar-refractivity contribution < 1.29 is 4.79 Å². The van der Waals surface area contributed by atoms with Crippen LogP contribution in [0.15, 0.2) is 54.7 Å². The highest BCUT2D eigenvalue weighted by Crippen LogP contribution is 2.24. The van der Waals surface area contributed by atoms with Crippen LogP contribution < -0.4 is 0 Å². The molecule has 0 unspecified atom stereocenters. The van der Waals surface area contributed by atoms with Gasteiger partial charge in [-0.15, -0.1) is 0 Å². The van der Waals surface area contributed by atoms with E-state index in [1.54, 1.807) is 6.92 Å². The summed E-state index contributed by atoms with van der Waals surface area (Å²) in [7, 11) is 0. The van der Waals surface area contributed by atoms with E-state index in [1.165, 1.54) is 0 Å². The van der Waals surface area contributed by atoms with Gasteiger partial charge in [-0.1, -0.05) is 36.4 Å². The first-order chi connectivity index (χ1) is 8.77. The SMILES string of the molecule is CC(=O)c1cn(-c2[c]cccc2)c2ccccc12. The van der Waals surface area contributed by atoms with E-state index in [0.717, 1.165) is 22.2 Å². The number of carbonyl (C=O) groups excluding carboxylic acids is 1. The highest BCUT2D eigenvalue weighted by Gasteiger charge is 2.11. The first-order valence-corrected chi connectivity index (χ1v) is 5.85. The average molecular weight is 234 g/mol. The molecule has 1 heterocycles. The number of ketones is 1. The number of hydrogen-bond acceptors (Lipinski definition) is 1. The summed E-state index contributed by atoms with van der Waals surface area (Å²) in [6, 6.07) is 18.9. The maximum atomic E-state index is 11.7. The number of nitrogens with zero attached hydrogens (tertiary/aromatic N) is 1. The quantitative estimate of drug-likeness (QED) is 0.620. The van der Waals surface area contributed by atoms with Crippen molar-refractivity contribution in [3.63, 3.8) is 0 Å². The fraction of sp³-hybridized carbons (Fsp3) is 0.0625. The van der Waals surface area contributed by atoms with Crippen LogP contribution in [0.1, 0.15) is 17.3 Å². The molecule has 3 rings (SSSR count). The lowest BCUT2D eigenvalue weighted by Gasteiger charge is -2.03. The second-order valence-corrected chi connectivity index (χ2v) is 4.23. The minimum absolute atomic E-state index is 0.0841. The van der Waals surface area contributed by atoms with Gasteiger partial charge >= 0.3 is 0 Å². The number of rotatable bonds is 2. The van der Waals surface area contributed by atoms with Gasteiger partial charge in [0.05, 0.1) is 11.2 Å². The molecule has 0 bridgehead atoms. The normalized spacial score (nSPS) is 10.7. The first-order valence-electron chi connectivity index (χ1n) is 5.85. The van der Waals surface area contributed by atoms with Crippen molar-refractivity contribution in [1.29, 1.82) is 0 Å². The smallest absolute Gasteiger partial charge is 0.161 e. The summed E-state index contributed by atoms with van der Waals surface area (Å²) < 4.78 is 2.01. The Balaban J connectivity index is 2.34. The topological polar surface area (TPSA) is 22.0 Å². The first kappa shape index (κ1) is 10.8. The highest BCUT2D eigenvalue weighted by atomic mass is 16.1. The number of fused-ring (bicyclic) bond motifs is 1. The van der Waals surface area contributed by atoms with E-state index >= 15 is 0 Å². The molecule has 0 spiro atoms. The van der Waals surface area contributed by atoms with Crippen molar-refractivity contribution in [1.82, 2.24) is 4.57 Å². The van der Waals surface area contributed by atoms with Crippen LogP contribution in [0.2, 0.25) is 0 Å². The molecule has 0 atom stereocenters. The van der Waals surface area contributed by atoms with Gasteiger partial charge in [-0.25, -0.2) is 0 Å². The molecular formula is C16H12NO. The third-order valence-electron chi connectivity index (χ3n) is 3.04. The molecular weight excluding hydrogens is 222 g/mol. The Labute approximate surface area is 105 Å². The van der Waals surface area contributed by atoms with Gasteiger partial charge in [0, 0.05) is 23.2 Å². The predicted octanol–water partition coefficient (Wildman–Crippen LogP) is 3.63. The van der Waals surface area contributed by atoms with E-state index in [2.05, 4.69) is 6.07 Å². The summed E-state index contributed by atoms with van der Waals surface area (Å²) in [6.45, 7) is 1.60. The van der Waals surface area contributed by atoms with Crippen LogP contribution in [0, 0.1) is 6.07 Å². The lowest BCUT2D eigenvalue weighted by Crippen LogP contribution is -1.92. The summed E-state index contributed by atoms with van der Waals surface area (Å²) >= 11 is 0. The van der Waals surface area contributed by atoms with Crippen LogP contribution in [0.25, 0.3) is 16.6 Å². The average Bonchev–Trinajstić information content (AvgIpc) is 2.79. The van der Waals surface area contributed by atoms with Gasteiger partial charge in [-0.2, -0.15) is 0 Å². The van der Waals surface area contributed by atoms with Crippen LogP contribution in [0.5, 0.6) is 0 Å². The molecule has 0 fully saturated rings. The second kappa shape index (κ2) is 4.15. The number of aromatic nitrogens is 1. The number of benzene rings is 2. The Morgan fingerprint density at radius 3 is 2.61 bits per heavy atom. The van der Waals surface area contributed by atoms with Crippen molar-refractivity contribution in [2.75, 3.05) is 0 Å². The van der Waals surface area contributed by atoms with Gasteiger partial charge in [-0.05, 0) is 19.1 Å². The zero-order valence-corrected chi connectivity index (χ0v) is 10.1. The minimum Gasteiger partial charge on any atom is -0.315 e. The summed E-state index contributed by atoms with van der Waals surface area (Å²) in [4.78, 5) is 11.7. The fourth-order valence-electron chi connectivity index (χ4n) is 2.19. The van der Waals surface area contributed by atoms with Crippen LogP contribution in [-0.4, -0.2) is 10.4 Å². The monoisotopic (exact) mass is 234 g/mol. The van der Waals surface area contributed by atoms with E-state index in [1.807, 2.05) is 59.3 Å². The minimum atomic E-state index is 0.0841. The lowest BCUT2D eigenvalue weighted by molar-refractivity contribution is 0.101. The van der Waals surface area contributed by atoms with Crippen molar-refractivity contribution in [2.45, 2.75) is 6.92 Å². The molecule has 0 aliphatic heterocycles. The Morgan fingerprint density at radius 1 is 1.11 bits per heavy atom. The molecule has 0 N–H and O–H groups in total. The second-order valence-electron chi connectivity index (χ2n) is 4.23. The standard InChI is InChI=1S/C16H12NO/c1-12(18)15-11-17(13-7-3-2-4-8-13)16-10-6-5-9-14(15)16/h2-7,9-11H,1H3. The molecule has 1 aromatic heterocycles. The highest BCUT2D eigenvalue weighted by molar-refractivity contribution is 6.07. The summed E-state index contributed by atoms with van der Waals surface area (Å²) in [5, 5.41) is 0.988.